The fraction of sp³-hybridized carbons (Fsp3) is 0.267. The Bertz CT molecular complexity index is 1490. The maximum atomic E-state index is 13.1. The molecule has 1 heterocycles. The van der Waals surface area contributed by atoms with E-state index in [4.69, 9.17) is 0 Å². The molecule has 0 aliphatic carbocycles. The van der Waals surface area contributed by atoms with Gasteiger partial charge < -0.3 is 4.74 Å². The quantitative estimate of drug-likeness (QED) is 0.221. The van der Waals surface area contributed by atoms with E-state index in [1.807, 2.05) is 18.2 Å². The van der Waals surface area contributed by atoms with Crippen molar-refractivity contribution in [3.05, 3.63) is 101 Å². The first-order chi connectivity index (χ1) is 19.0. The molecule has 0 unspecified atom stereocenters. The van der Waals surface area contributed by atoms with E-state index in [1.54, 1.807) is 37.3 Å². The van der Waals surface area contributed by atoms with Gasteiger partial charge in [0.2, 0.25) is 5.95 Å². The van der Waals surface area contributed by atoms with Crippen LogP contribution in [0.1, 0.15) is 57.9 Å². The standard InChI is InChI=1S/C30H29F3N4O3/c1-19(2)11-12-21-8-6-9-22(17-21)26(38)18-27-34-29(35-28(39)25-10-5-4-7-20(25)3)37(36-27)23-13-15-24(16-14-23)40-30(31,32)33/h4-10,13-17,19H,11-12,18H2,1-3H3,(H,34,35,36,39). The number of anilines is 1. The number of nitrogens with zero attached hydrogens (tertiary/aromatic N) is 3. The number of ether oxygens (including phenoxy) is 1. The summed E-state index contributed by atoms with van der Waals surface area (Å²) in [5.41, 5.74) is 3.06. The second-order valence-electron chi connectivity index (χ2n) is 9.81. The number of ketones is 1. The molecule has 0 aliphatic rings. The van der Waals surface area contributed by atoms with E-state index in [2.05, 4.69) is 34.0 Å². The van der Waals surface area contributed by atoms with Gasteiger partial charge in [0, 0.05) is 11.1 Å². The van der Waals surface area contributed by atoms with Crippen LogP contribution in [0.25, 0.3) is 5.69 Å². The molecule has 0 fully saturated rings. The van der Waals surface area contributed by atoms with Crippen molar-refractivity contribution in [1.29, 1.82) is 0 Å². The molecule has 1 aromatic heterocycles. The Labute approximate surface area is 230 Å². The molecule has 40 heavy (non-hydrogen) atoms. The van der Waals surface area contributed by atoms with Crippen LogP contribution in [-0.4, -0.2) is 32.8 Å². The number of carbonyl (C=O) groups is 2. The number of amides is 1. The lowest BCUT2D eigenvalue weighted by Gasteiger charge is -2.11. The van der Waals surface area contributed by atoms with Crippen molar-refractivity contribution in [2.45, 2.75) is 46.4 Å². The Morgan fingerprint density at radius 2 is 1.73 bits per heavy atom. The van der Waals surface area contributed by atoms with Gasteiger partial charge in [0.1, 0.15) is 5.75 Å². The number of Topliss-reactive ketones (excluding diaryl/α,β-unsaturated/α-hetero) is 1. The largest absolute Gasteiger partial charge is 0.573 e. The van der Waals surface area contributed by atoms with E-state index in [9.17, 15) is 22.8 Å². The van der Waals surface area contributed by atoms with Gasteiger partial charge in [-0.25, -0.2) is 0 Å². The van der Waals surface area contributed by atoms with Crippen molar-refractivity contribution in [2.24, 2.45) is 5.92 Å². The topological polar surface area (TPSA) is 86.1 Å². The number of benzene rings is 3. The van der Waals surface area contributed by atoms with Crippen molar-refractivity contribution in [3.8, 4) is 11.4 Å². The van der Waals surface area contributed by atoms with E-state index in [0.717, 1.165) is 36.1 Å². The van der Waals surface area contributed by atoms with Crippen LogP contribution in [0.4, 0.5) is 19.1 Å². The molecule has 208 valence electrons. The van der Waals surface area contributed by atoms with Crippen LogP contribution < -0.4 is 10.1 Å². The lowest BCUT2D eigenvalue weighted by atomic mass is 9.99. The zero-order chi connectivity index (χ0) is 28.9. The summed E-state index contributed by atoms with van der Waals surface area (Å²) < 4.78 is 43.0. The number of aryl methyl sites for hydroxylation is 2. The van der Waals surface area contributed by atoms with Crippen LogP contribution in [0.15, 0.2) is 72.8 Å². The second kappa shape index (κ2) is 12.1. The number of hydrogen-bond acceptors (Lipinski definition) is 5. The Morgan fingerprint density at radius 3 is 2.40 bits per heavy atom. The third kappa shape index (κ3) is 7.56. The highest BCUT2D eigenvalue weighted by atomic mass is 19.4. The maximum Gasteiger partial charge on any atom is 0.573 e. The number of alkyl halides is 3. The fourth-order valence-electron chi connectivity index (χ4n) is 4.08. The average molecular weight is 551 g/mol. The van der Waals surface area contributed by atoms with Crippen LogP contribution in [0.5, 0.6) is 5.75 Å². The molecule has 7 nitrogen and oxygen atoms in total. The predicted molar refractivity (Wildman–Crippen MR) is 145 cm³/mol. The van der Waals surface area contributed by atoms with Crippen molar-refractivity contribution in [1.82, 2.24) is 14.8 Å². The highest BCUT2D eigenvalue weighted by molar-refractivity contribution is 6.04. The smallest absolute Gasteiger partial charge is 0.406 e. The summed E-state index contributed by atoms with van der Waals surface area (Å²) in [7, 11) is 0. The number of rotatable bonds is 10. The first-order valence-corrected chi connectivity index (χ1v) is 12.8. The Kier molecular flexibility index (Phi) is 8.67. The summed E-state index contributed by atoms with van der Waals surface area (Å²) in [4.78, 5) is 30.6. The molecule has 4 aromatic rings. The van der Waals surface area contributed by atoms with Gasteiger partial charge in [0.05, 0.1) is 12.1 Å². The first kappa shape index (κ1) is 28.5. The van der Waals surface area contributed by atoms with Crippen molar-refractivity contribution < 1.29 is 27.5 Å². The van der Waals surface area contributed by atoms with Gasteiger partial charge in [0.15, 0.2) is 11.6 Å². The molecule has 0 radical (unpaired) electrons. The summed E-state index contributed by atoms with van der Waals surface area (Å²) >= 11 is 0. The second-order valence-corrected chi connectivity index (χ2v) is 9.81. The molecular weight excluding hydrogens is 521 g/mol. The molecule has 1 N–H and O–H groups in total. The highest BCUT2D eigenvalue weighted by Crippen LogP contribution is 2.25. The molecule has 0 saturated carbocycles. The molecule has 1 amide bonds. The highest BCUT2D eigenvalue weighted by Gasteiger charge is 2.31. The van der Waals surface area contributed by atoms with E-state index < -0.39 is 18.0 Å². The van der Waals surface area contributed by atoms with Gasteiger partial charge in [-0.3, -0.25) is 14.9 Å². The van der Waals surface area contributed by atoms with Crippen LogP contribution in [-0.2, 0) is 12.8 Å². The molecule has 0 saturated heterocycles. The molecule has 0 atom stereocenters. The van der Waals surface area contributed by atoms with Crippen molar-refractivity contribution in [3.63, 3.8) is 0 Å². The van der Waals surface area contributed by atoms with Gasteiger partial charge in [-0.15, -0.1) is 18.3 Å². The summed E-state index contributed by atoms with van der Waals surface area (Å²) in [6.07, 6.45) is -3.11. The minimum Gasteiger partial charge on any atom is -0.406 e. The summed E-state index contributed by atoms with van der Waals surface area (Å²) in [6.45, 7) is 6.07. The minimum absolute atomic E-state index is 0.0197. The van der Waals surface area contributed by atoms with E-state index in [0.29, 0.717) is 22.7 Å². The Balaban J connectivity index is 1.62. The summed E-state index contributed by atoms with van der Waals surface area (Å²) in [6, 6.07) is 19.4. The average Bonchev–Trinajstić information content (AvgIpc) is 3.29. The molecule has 10 heteroatoms. The number of nitrogens with one attached hydrogen (secondary N) is 1. The SMILES string of the molecule is Cc1ccccc1C(=O)Nc1nc(CC(=O)c2cccc(CCC(C)C)c2)nn1-c1ccc(OC(F)(F)F)cc1. The Hall–Kier alpha value is -4.47. The van der Waals surface area contributed by atoms with Gasteiger partial charge >= 0.3 is 6.36 Å². The molecule has 4 rings (SSSR count). The number of aromatic nitrogens is 3. The van der Waals surface area contributed by atoms with E-state index in [1.165, 1.54) is 16.8 Å². The van der Waals surface area contributed by atoms with Gasteiger partial charge in [-0.2, -0.15) is 9.67 Å². The summed E-state index contributed by atoms with van der Waals surface area (Å²) in [5, 5.41) is 7.12. The zero-order valence-corrected chi connectivity index (χ0v) is 22.3. The van der Waals surface area contributed by atoms with Crippen LogP contribution >= 0.6 is 0 Å². The van der Waals surface area contributed by atoms with E-state index >= 15 is 0 Å². The number of hydrogen-bond donors (Lipinski definition) is 1. The van der Waals surface area contributed by atoms with Gasteiger partial charge in [-0.1, -0.05) is 50.2 Å². The van der Waals surface area contributed by atoms with Crippen LogP contribution in [0, 0.1) is 12.8 Å². The molecule has 3 aromatic carbocycles. The lowest BCUT2D eigenvalue weighted by Crippen LogP contribution is -2.17. The molecular formula is C30H29F3N4O3. The van der Waals surface area contributed by atoms with Crippen molar-refractivity contribution >= 4 is 17.6 Å². The maximum absolute atomic E-state index is 13.1. The third-order valence-electron chi connectivity index (χ3n) is 6.16. The van der Waals surface area contributed by atoms with Crippen LogP contribution in [0.3, 0.4) is 0 Å². The van der Waals surface area contributed by atoms with Gasteiger partial charge in [0.25, 0.3) is 5.91 Å². The molecule has 0 aliphatic heterocycles. The molecule has 0 spiro atoms. The third-order valence-corrected chi connectivity index (χ3v) is 6.16. The zero-order valence-electron chi connectivity index (χ0n) is 22.3. The number of carbonyl (C=O) groups excluding carboxylic acids is 2. The molecule has 0 bridgehead atoms. The minimum atomic E-state index is -4.83. The van der Waals surface area contributed by atoms with Crippen molar-refractivity contribution in [2.75, 3.05) is 5.32 Å². The number of halogens is 3. The Morgan fingerprint density at radius 1 is 1.00 bits per heavy atom. The van der Waals surface area contributed by atoms with E-state index in [-0.39, 0.29) is 24.0 Å². The predicted octanol–water partition coefficient (Wildman–Crippen LogP) is 6.74. The lowest BCUT2D eigenvalue weighted by molar-refractivity contribution is -0.274. The monoisotopic (exact) mass is 550 g/mol. The van der Waals surface area contributed by atoms with Gasteiger partial charge in [-0.05, 0) is 73.2 Å². The first-order valence-electron chi connectivity index (χ1n) is 12.8. The van der Waals surface area contributed by atoms with Crippen LogP contribution in [0.2, 0.25) is 0 Å². The normalized spacial score (nSPS) is 11.5. The fourth-order valence-corrected chi connectivity index (χ4v) is 4.08. The summed E-state index contributed by atoms with van der Waals surface area (Å²) in [5.74, 6) is -0.349.